The lowest BCUT2D eigenvalue weighted by Crippen LogP contribution is -2.39. The van der Waals surface area contributed by atoms with Crippen LogP contribution in [0, 0.1) is 5.82 Å². The highest BCUT2D eigenvalue weighted by atomic mass is 19.1. The minimum Gasteiger partial charge on any atom is -0.481 e. The van der Waals surface area contributed by atoms with E-state index in [-0.39, 0.29) is 25.3 Å². The van der Waals surface area contributed by atoms with Gasteiger partial charge in [0.05, 0.1) is 19.6 Å². The molecule has 132 valence electrons. The lowest BCUT2D eigenvalue weighted by Gasteiger charge is -2.30. The fourth-order valence-corrected chi connectivity index (χ4v) is 2.48. The molecule has 1 saturated heterocycles. The van der Waals surface area contributed by atoms with Gasteiger partial charge in [-0.2, -0.15) is 0 Å². The summed E-state index contributed by atoms with van der Waals surface area (Å²) in [5.41, 5.74) is 1.55. The summed E-state index contributed by atoms with van der Waals surface area (Å²) >= 11 is 0. The number of anilines is 1. The summed E-state index contributed by atoms with van der Waals surface area (Å²) in [6.45, 7) is 2.93. The highest BCUT2D eigenvalue weighted by molar-refractivity contribution is 5.75. The standard InChI is InChI=1S/C16H22FN3O4/c1-19(5-4-15(21)22)16(23)18-11-12-10-13(17)2-3-14(12)20-6-8-24-9-7-20/h2-3,10H,4-9,11H2,1H3,(H,18,23)(H,21,22). The smallest absolute Gasteiger partial charge is 0.317 e. The topological polar surface area (TPSA) is 82.1 Å². The first-order chi connectivity index (χ1) is 11.5. The van der Waals surface area contributed by atoms with Crippen molar-refractivity contribution in [1.82, 2.24) is 10.2 Å². The van der Waals surface area contributed by atoms with Crippen molar-refractivity contribution < 1.29 is 23.8 Å². The van der Waals surface area contributed by atoms with Crippen molar-refractivity contribution in [2.75, 3.05) is 44.8 Å². The fourth-order valence-electron chi connectivity index (χ4n) is 2.48. The van der Waals surface area contributed by atoms with Crippen LogP contribution in [0.1, 0.15) is 12.0 Å². The van der Waals surface area contributed by atoms with Crippen LogP contribution in [0.2, 0.25) is 0 Å². The van der Waals surface area contributed by atoms with Gasteiger partial charge in [0, 0.05) is 38.9 Å². The zero-order valence-electron chi connectivity index (χ0n) is 13.6. The van der Waals surface area contributed by atoms with Crippen LogP contribution in [-0.2, 0) is 16.1 Å². The summed E-state index contributed by atoms with van der Waals surface area (Å²) in [7, 11) is 1.52. The number of rotatable bonds is 6. The molecule has 1 aliphatic heterocycles. The molecule has 0 bridgehead atoms. The summed E-state index contributed by atoms with van der Waals surface area (Å²) in [4.78, 5) is 25.9. The highest BCUT2D eigenvalue weighted by Crippen LogP contribution is 2.22. The number of nitrogens with zero attached hydrogens (tertiary/aromatic N) is 2. The van der Waals surface area contributed by atoms with Gasteiger partial charge < -0.3 is 25.0 Å². The van der Waals surface area contributed by atoms with Gasteiger partial charge in [0.15, 0.2) is 0 Å². The number of carboxylic acids is 1. The number of benzene rings is 1. The number of carbonyl (C=O) groups excluding carboxylic acids is 1. The van der Waals surface area contributed by atoms with Crippen LogP contribution < -0.4 is 10.2 Å². The van der Waals surface area contributed by atoms with Crippen molar-refractivity contribution in [2.45, 2.75) is 13.0 Å². The van der Waals surface area contributed by atoms with Gasteiger partial charge in [-0.25, -0.2) is 9.18 Å². The maximum Gasteiger partial charge on any atom is 0.317 e. The first-order valence-corrected chi connectivity index (χ1v) is 7.79. The maximum atomic E-state index is 13.6. The summed E-state index contributed by atoms with van der Waals surface area (Å²) in [6, 6.07) is 4.11. The molecule has 1 aromatic carbocycles. The second-order valence-electron chi connectivity index (χ2n) is 5.60. The van der Waals surface area contributed by atoms with Gasteiger partial charge in [0.2, 0.25) is 0 Å². The number of urea groups is 1. The summed E-state index contributed by atoms with van der Waals surface area (Å²) < 4.78 is 18.9. The van der Waals surface area contributed by atoms with E-state index >= 15 is 0 Å². The highest BCUT2D eigenvalue weighted by Gasteiger charge is 2.16. The number of hydrogen-bond acceptors (Lipinski definition) is 4. The number of carbonyl (C=O) groups is 2. The molecule has 2 N–H and O–H groups in total. The second kappa shape index (κ2) is 8.49. The number of amides is 2. The Kier molecular flexibility index (Phi) is 6.36. The van der Waals surface area contributed by atoms with Crippen LogP contribution >= 0.6 is 0 Å². The number of hydrogen-bond donors (Lipinski definition) is 2. The van der Waals surface area contributed by atoms with Gasteiger partial charge in [-0.1, -0.05) is 0 Å². The summed E-state index contributed by atoms with van der Waals surface area (Å²) in [5.74, 6) is -1.33. The van der Waals surface area contributed by atoms with Crippen molar-refractivity contribution in [1.29, 1.82) is 0 Å². The Hall–Kier alpha value is -2.35. The van der Waals surface area contributed by atoms with Crippen molar-refractivity contribution in [3.8, 4) is 0 Å². The van der Waals surface area contributed by atoms with E-state index in [1.54, 1.807) is 6.07 Å². The molecular weight excluding hydrogens is 317 g/mol. The van der Waals surface area contributed by atoms with Gasteiger partial charge in [-0.05, 0) is 23.8 Å². The Morgan fingerprint density at radius 2 is 2.08 bits per heavy atom. The zero-order valence-corrected chi connectivity index (χ0v) is 13.6. The number of nitrogens with one attached hydrogen (secondary N) is 1. The van der Waals surface area contributed by atoms with Gasteiger partial charge in [-0.15, -0.1) is 0 Å². The predicted octanol–water partition coefficient (Wildman–Crippen LogP) is 1.28. The van der Waals surface area contributed by atoms with Crippen molar-refractivity contribution in [2.24, 2.45) is 0 Å². The first kappa shape index (κ1) is 18.0. The Balaban J connectivity index is 1.99. The van der Waals surface area contributed by atoms with E-state index in [4.69, 9.17) is 9.84 Å². The Labute approximate surface area is 140 Å². The third-order valence-electron chi connectivity index (χ3n) is 3.83. The molecular formula is C16H22FN3O4. The molecule has 2 amide bonds. The molecule has 7 nitrogen and oxygen atoms in total. The average molecular weight is 339 g/mol. The molecule has 0 aromatic heterocycles. The zero-order chi connectivity index (χ0) is 17.5. The third-order valence-corrected chi connectivity index (χ3v) is 3.83. The monoisotopic (exact) mass is 339 g/mol. The number of carboxylic acid groups (broad SMARTS) is 1. The first-order valence-electron chi connectivity index (χ1n) is 7.79. The molecule has 1 fully saturated rings. The average Bonchev–Trinajstić information content (AvgIpc) is 2.58. The summed E-state index contributed by atoms with van der Waals surface area (Å²) in [5, 5.41) is 11.3. The molecule has 2 rings (SSSR count). The lowest BCUT2D eigenvalue weighted by atomic mass is 10.1. The maximum absolute atomic E-state index is 13.6. The number of ether oxygens (including phenoxy) is 1. The molecule has 24 heavy (non-hydrogen) atoms. The van der Waals surface area contributed by atoms with Gasteiger partial charge >= 0.3 is 12.0 Å². The van der Waals surface area contributed by atoms with E-state index in [9.17, 15) is 14.0 Å². The number of morpholine rings is 1. The molecule has 0 atom stereocenters. The van der Waals surface area contributed by atoms with Gasteiger partial charge in [0.25, 0.3) is 0 Å². The number of aliphatic carboxylic acids is 1. The Morgan fingerprint density at radius 1 is 1.38 bits per heavy atom. The Morgan fingerprint density at radius 3 is 2.75 bits per heavy atom. The molecule has 0 aliphatic carbocycles. The van der Waals surface area contributed by atoms with Crippen LogP contribution in [-0.4, -0.2) is 61.9 Å². The largest absolute Gasteiger partial charge is 0.481 e. The minimum absolute atomic E-state index is 0.112. The van der Waals surface area contributed by atoms with Crippen LogP contribution in [0.25, 0.3) is 0 Å². The second-order valence-corrected chi connectivity index (χ2v) is 5.60. The van der Waals surface area contributed by atoms with E-state index in [1.807, 2.05) is 0 Å². The van der Waals surface area contributed by atoms with E-state index in [0.29, 0.717) is 31.9 Å². The van der Waals surface area contributed by atoms with E-state index in [0.717, 1.165) is 5.69 Å². The third kappa shape index (κ3) is 5.09. The van der Waals surface area contributed by atoms with E-state index < -0.39 is 12.0 Å². The van der Waals surface area contributed by atoms with Crippen molar-refractivity contribution in [3.63, 3.8) is 0 Å². The predicted molar refractivity (Wildman–Crippen MR) is 86.6 cm³/mol. The molecule has 1 heterocycles. The SMILES string of the molecule is CN(CCC(=O)O)C(=O)NCc1cc(F)ccc1N1CCOCC1. The van der Waals surface area contributed by atoms with Gasteiger partial charge in [0.1, 0.15) is 5.82 Å². The quantitative estimate of drug-likeness (QED) is 0.816. The molecule has 0 spiro atoms. The molecule has 0 unspecified atom stereocenters. The normalized spacial score (nSPS) is 14.3. The molecule has 1 aliphatic rings. The van der Waals surface area contributed by atoms with E-state index in [1.165, 1.54) is 24.1 Å². The molecule has 8 heteroatoms. The molecule has 0 radical (unpaired) electrons. The van der Waals surface area contributed by atoms with Crippen molar-refractivity contribution in [3.05, 3.63) is 29.6 Å². The van der Waals surface area contributed by atoms with Gasteiger partial charge in [-0.3, -0.25) is 4.79 Å². The molecule has 0 saturated carbocycles. The van der Waals surface area contributed by atoms with Crippen LogP contribution in [0.5, 0.6) is 0 Å². The fraction of sp³-hybridized carbons (Fsp3) is 0.500. The van der Waals surface area contributed by atoms with E-state index in [2.05, 4.69) is 10.2 Å². The molecule has 1 aromatic rings. The summed E-state index contributed by atoms with van der Waals surface area (Å²) in [6.07, 6.45) is -0.122. The lowest BCUT2D eigenvalue weighted by molar-refractivity contribution is -0.137. The van der Waals surface area contributed by atoms with Crippen LogP contribution in [0.15, 0.2) is 18.2 Å². The van der Waals surface area contributed by atoms with Crippen LogP contribution in [0.4, 0.5) is 14.9 Å². The van der Waals surface area contributed by atoms with Crippen LogP contribution in [0.3, 0.4) is 0 Å². The Bertz CT molecular complexity index is 591. The number of halogens is 1. The van der Waals surface area contributed by atoms with Crippen molar-refractivity contribution >= 4 is 17.7 Å². The minimum atomic E-state index is -0.964.